The maximum atomic E-state index is 10.6. The van der Waals surface area contributed by atoms with Gasteiger partial charge in [-0.15, -0.1) is 0 Å². The molecule has 2 rings (SSSR count). The first-order valence-electron chi connectivity index (χ1n) is 7.03. The van der Waals surface area contributed by atoms with E-state index in [-0.39, 0.29) is 0 Å². The molecule has 0 saturated heterocycles. The highest BCUT2D eigenvalue weighted by Gasteiger charge is 2.27. The van der Waals surface area contributed by atoms with E-state index < -0.39 is 5.60 Å². The number of benzene rings is 1. The van der Waals surface area contributed by atoms with Gasteiger partial charge >= 0.3 is 0 Å². The van der Waals surface area contributed by atoms with Crippen molar-refractivity contribution in [2.24, 2.45) is 0 Å². The van der Waals surface area contributed by atoms with Gasteiger partial charge in [0.25, 0.3) is 0 Å². The Kier molecular flexibility index (Phi) is 4.53. The van der Waals surface area contributed by atoms with Crippen molar-refractivity contribution in [2.45, 2.75) is 44.1 Å². The zero-order valence-corrected chi connectivity index (χ0v) is 11.6. The molecule has 1 aliphatic carbocycles. The second-order valence-electron chi connectivity index (χ2n) is 5.45. The van der Waals surface area contributed by atoms with Crippen LogP contribution in [0.3, 0.4) is 0 Å². The number of nitrogens with two attached hydrogens (primary N) is 1. The Morgan fingerprint density at radius 3 is 2.53 bits per heavy atom. The van der Waals surface area contributed by atoms with Crippen LogP contribution in [0.25, 0.3) is 0 Å². The molecular formula is C15H24N2O2. The highest BCUT2D eigenvalue weighted by atomic mass is 16.5. The number of aliphatic hydroxyl groups is 1. The van der Waals surface area contributed by atoms with E-state index in [0.29, 0.717) is 12.2 Å². The molecule has 0 atom stereocenters. The fraction of sp³-hybridized carbons (Fsp3) is 0.600. The summed E-state index contributed by atoms with van der Waals surface area (Å²) in [5, 5.41) is 13.8. The molecule has 106 valence electrons. The van der Waals surface area contributed by atoms with Crippen LogP contribution in [0.2, 0.25) is 0 Å². The lowest BCUT2D eigenvalue weighted by molar-refractivity contribution is 0.0381. The van der Waals surface area contributed by atoms with E-state index in [1.165, 1.54) is 12.8 Å². The van der Waals surface area contributed by atoms with Crippen LogP contribution < -0.4 is 15.8 Å². The molecule has 0 spiro atoms. The minimum Gasteiger partial charge on any atom is -0.497 e. The first-order valence-corrected chi connectivity index (χ1v) is 7.03. The van der Waals surface area contributed by atoms with Crippen LogP contribution in [-0.4, -0.2) is 24.4 Å². The summed E-state index contributed by atoms with van der Waals surface area (Å²) in [6.45, 7) is 0.559. The molecule has 0 radical (unpaired) electrons. The molecule has 4 heteroatoms. The Balaban J connectivity index is 1.97. The number of nitrogens with one attached hydrogen (secondary N) is 1. The van der Waals surface area contributed by atoms with Gasteiger partial charge in [0.1, 0.15) is 5.75 Å². The molecule has 0 aliphatic heterocycles. The molecule has 1 saturated carbocycles. The molecule has 1 aromatic carbocycles. The van der Waals surface area contributed by atoms with E-state index in [9.17, 15) is 5.11 Å². The second-order valence-corrected chi connectivity index (χ2v) is 5.45. The van der Waals surface area contributed by atoms with E-state index in [1.54, 1.807) is 13.2 Å². The quantitative estimate of drug-likeness (QED) is 0.578. The SMILES string of the molecule is COc1ccc(NCC2(O)CCCCCC2)c(N)c1. The summed E-state index contributed by atoms with van der Waals surface area (Å²) in [6, 6.07) is 5.56. The third-order valence-electron chi connectivity index (χ3n) is 3.90. The lowest BCUT2D eigenvalue weighted by Crippen LogP contribution is -2.36. The number of methoxy groups -OCH3 is 1. The van der Waals surface area contributed by atoms with Crippen LogP contribution in [0.1, 0.15) is 38.5 Å². The summed E-state index contributed by atoms with van der Waals surface area (Å²) < 4.78 is 5.12. The second kappa shape index (κ2) is 6.15. The average molecular weight is 264 g/mol. The van der Waals surface area contributed by atoms with Gasteiger partial charge in [0.05, 0.1) is 24.1 Å². The van der Waals surface area contributed by atoms with Crippen LogP contribution in [0.5, 0.6) is 5.75 Å². The summed E-state index contributed by atoms with van der Waals surface area (Å²) in [5.41, 5.74) is 6.88. The van der Waals surface area contributed by atoms with Crippen molar-refractivity contribution in [3.63, 3.8) is 0 Å². The molecule has 0 aromatic heterocycles. The Bertz CT molecular complexity index is 413. The van der Waals surface area contributed by atoms with Gasteiger partial charge in [-0.25, -0.2) is 0 Å². The molecule has 4 N–H and O–H groups in total. The van der Waals surface area contributed by atoms with Gasteiger partial charge in [-0.1, -0.05) is 25.7 Å². The summed E-state index contributed by atoms with van der Waals surface area (Å²) in [5.74, 6) is 0.747. The van der Waals surface area contributed by atoms with Crippen molar-refractivity contribution in [1.29, 1.82) is 0 Å². The number of hydrogen-bond donors (Lipinski definition) is 3. The lowest BCUT2D eigenvalue weighted by atomic mass is 9.94. The maximum Gasteiger partial charge on any atom is 0.121 e. The standard InChI is InChI=1S/C15H24N2O2/c1-19-12-6-7-14(13(16)10-12)17-11-15(18)8-4-2-3-5-9-15/h6-7,10,17-18H,2-5,8-9,11,16H2,1H3. The minimum absolute atomic E-state index is 0.559. The van der Waals surface area contributed by atoms with E-state index >= 15 is 0 Å². The number of anilines is 2. The zero-order valence-electron chi connectivity index (χ0n) is 11.6. The van der Waals surface area contributed by atoms with Crippen molar-refractivity contribution >= 4 is 11.4 Å². The minimum atomic E-state index is -0.594. The van der Waals surface area contributed by atoms with Gasteiger partial charge < -0.3 is 20.9 Å². The van der Waals surface area contributed by atoms with Gasteiger partial charge in [0, 0.05) is 12.6 Å². The Morgan fingerprint density at radius 2 is 1.95 bits per heavy atom. The fourth-order valence-corrected chi connectivity index (χ4v) is 2.65. The Labute approximate surface area is 115 Å². The van der Waals surface area contributed by atoms with Gasteiger partial charge in [0.2, 0.25) is 0 Å². The van der Waals surface area contributed by atoms with Gasteiger partial charge in [-0.05, 0) is 25.0 Å². The summed E-state index contributed by atoms with van der Waals surface area (Å²) in [4.78, 5) is 0. The number of rotatable bonds is 4. The van der Waals surface area contributed by atoms with E-state index in [0.717, 1.165) is 37.1 Å². The van der Waals surface area contributed by atoms with Gasteiger partial charge in [-0.2, -0.15) is 0 Å². The number of hydrogen-bond acceptors (Lipinski definition) is 4. The molecule has 1 fully saturated rings. The summed E-state index contributed by atoms with van der Waals surface area (Å²) in [7, 11) is 1.62. The van der Waals surface area contributed by atoms with Crippen LogP contribution in [0.4, 0.5) is 11.4 Å². The highest BCUT2D eigenvalue weighted by molar-refractivity contribution is 5.68. The molecule has 1 aliphatic rings. The van der Waals surface area contributed by atoms with Crippen LogP contribution in [0, 0.1) is 0 Å². The zero-order chi connectivity index (χ0) is 13.7. The maximum absolute atomic E-state index is 10.6. The first-order chi connectivity index (χ1) is 9.13. The smallest absolute Gasteiger partial charge is 0.121 e. The van der Waals surface area contributed by atoms with Crippen molar-refractivity contribution in [3.8, 4) is 5.75 Å². The molecule has 19 heavy (non-hydrogen) atoms. The Hall–Kier alpha value is -1.42. The number of ether oxygens (including phenoxy) is 1. The predicted molar refractivity (Wildman–Crippen MR) is 78.5 cm³/mol. The highest BCUT2D eigenvalue weighted by Crippen LogP contribution is 2.29. The van der Waals surface area contributed by atoms with E-state index in [4.69, 9.17) is 10.5 Å². The normalized spacial score (nSPS) is 18.6. The Morgan fingerprint density at radius 1 is 1.26 bits per heavy atom. The van der Waals surface area contributed by atoms with Crippen molar-refractivity contribution in [1.82, 2.24) is 0 Å². The van der Waals surface area contributed by atoms with Crippen molar-refractivity contribution in [3.05, 3.63) is 18.2 Å². The molecule has 0 unspecified atom stereocenters. The van der Waals surface area contributed by atoms with E-state index in [2.05, 4.69) is 5.32 Å². The van der Waals surface area contributed by atoms with Crippen LogP contribution >= 0.6 is 0 Å². The molecule has 0 bridgehead atoms. The van der Waals surface area contributed by atoms with E-state index in [1.807, 2.05) is 12.1 Å². The van der Waals surface area contributed by atoms with Crippen molar-refractivity contribution in [2.75, 3.05) is 24.7 Å². The fourth-order valence-electron chi connectivity index (χ4n) is 2.65. The van der Waals surface area contributed by atoms with Crippen molar-refractivity contribution < 1.29 is 9.84 Å². The molecule has 0 heterocycles. The molecule has 4 nitrogen and oxygen atoms in total. The van der Waals surface area contributed by atoms with Gasteiger partial charge in [0.15, 0.2) is 0 Å². The van der Waals surface area contributed by atoms with Crippen LogP contribution in [-0.2, 0) is 0 Å². The largest absolute Gasteiger partial charge is 0.497 e. The predicted octanol–water partition coefficient (Wildman–Crippen LogP) is 2.77. The third kappa shape index (κ3) is 3.77. The molecule has 0 amide bonds. The molecule has 1 aromatic rings. The monoisotopic (exact) mass is 264 g/mol. The average Bonchev–Trinajstić information content (AvgIpc) is 2.62. The number of nitrogen functional groups attached to an aromatic ring is 1. The first kappa shape index (κ1) is 14.0. The molecular weight excluding hydrogens is 240 g/mol. The topological polar surface area (TPSA) is 67.5 Å². The van der Waals surface area contributed by atoms with Crippen LogP contribution in [0.15, 0.2) is 18.2 Å². The van der Waals surface area contributed by atoms with Gasteiger partial charge in [-0.3, -0.25) is 0 Å². The summed E-state index contributed by atoms with van der Waals surface area (Å²) in [6.07, 6.45) is 6.42. The lowest BCUT2D eigenvalue weighted by Gasteiger charge is -2.27. The third-order valence-corrected chi connectivity index (χ3v) is 3.90. The summed E-state index contributed by atoms with van der Waals surface area (Å²) >= 11 is 0.